The van der Waals surface area contributed by atoms with Gasteiger partial charge >= 0.3 is 11.9 Å². The van der Waals surface area contributed by atoms with Crippen LogP contribution < -0.4 is 5.32 Å². The largest absolute Gasteiger partial charge is 0.460 e. The number of ether oxygens (including phenoxy) is 2. The van der Waals surface area contributed by atoms with Crippen molar-refractivity contribution in [2.24, 2.45) is 0 Å². The second-order valence-electron chi connectivity index (χ2n) is 11.8. The fraction of sp³-hybridized carbons (Fsp3) is 0.462. The maximum absolute atomic E-state index is 13.2. The molecule has 0 radical (unpaired) electrons. The van der Waals surface area contributed by atoms with E-state index in [9.17, 15) is 14.4 Å². The highest BCUT2D eigenvalue weighted by Gasteiger charge is 2.29. The lowest BCUT2D eigenvalue weighted by molar-refractivity contribution is 0.00274. The molecular weight excluding hydrogens is 562 g/mol. The van der Waals surface area contributed by atoms with E-state index in [4.69, 9.17) is 9.47 Å². The van der Waals surface area contributed by atoms with Gasteiger partial charge in [0.05, 0.1) is 11.1 Å². The van der Waals surface area contributed by atoms with Crippen LogP contribution in [0.4, 0.5) is 0 Å². The molecule has 242 valence electrons. The fourth-order valence-corrected chi connectivity index (χ4v) is 5.39. The summed E-state index contributed by atoms with van der Waals surface area (Å²) < 4.78 is 11.7. The monoisotopic (exact) mass is 613 g/mol. The van der Waals surface area contributed by atoms with Gasteiger partial charge in [-0.1, -0.05) is 139 Å². The lowest BCUT2D eigenvalue weighted by Gasteiger charge is -2.28. The van der Waals surface area contributed by atoms with Crippen LogP contribution in [-0.2, 0) is 9.47 Å². The number of nitrogens with one attached hydrogen (secondary N) is 1. The quantitative estimate of drug-likeness (QED) is 0.0902. The highest BCUT2D eigenvalue weighted by molar-refractivity contribution is 5.94. The van der Waals surface area contributed by atoms with Crippen LogP contribution in [0.1, 0.15) is 128 Å². The smallest absolute Gasteiger partial charge is 0.338 e. The highest BCUT2D eigenvalue weighted by Crippen LogP contribution is 2.18. The minimum absolute atomic E-state index is 0.127. The second-order valence-corrected chi connectivity index (χ2v) is 11.8. The molecule has 0 aliphatic heterocycles. The molecule has 6 nitrogen and oxygen atoms in total. The molecule has 0 heterocycles. The molecule has 0 bridgehead atoms. The molecule has 3 aromatic rings. The van der Waals surface area contributed by atoms with E-state index in [2.05, 4.69) is 12.2 Å². The van der Waals surface area contributed by atoms with Crippen LogP contribution in [0, 0.1) is 0 Å². The van der Waals surface area contributed by atoms with Crippen molar-refractivity contribution in [2.75, 3.05) is 6.61 Å². The number of hydrogen-bond acceptors (Lipinski definition) is 5. The van der Waals surface area contributed by atoms with Crippen molar-refractivity contribution in [2.45, 2.75) is 109 Å². The molecule has 0 aromatic heterocycles. The minimum atomic E-state index is -0.727. The Morgan fingerprint density at radius 2 is 0.978 bits per heavy atom. The van der Waals surface area contributed by atoms with E-state index in [0.29, 0.717) is 23.1 Å². The summed E-state index contributed by atoms with van der Waals surface area (Å²) >= 11 is 0. The summed E-state index contributed by atoms with van der Waals surface area (Å²) in [7, 11) is 0. The Kier molecular flexibility index (Phi) is 17.2. The normalized spacial score (nSPS) is 12.2. The molecule has 3 rings (SSSR count). The summed E-state index contributed by atoms with van der Waals surface area (Å²) in [6, 6.07) is 25.7. The third-order valence-corrected chi connectivity index (χ3v) is 8.06. The molecule has 0 saturated heterocycles. The zero-order valence-electron chi connectivity index (χ0n) is 27.0. The summed E-state index contributed by atoms with van der Waals surface area (Å²) in [6.45, 7) is 2.13. The first kappa shape index (κ1) is 35.5. The van der Waals surface area contributed by atoms with Crippen molar-refractivity contribution >= 4 is 17.8 Å². The predicted molar refractivity (Wildman–Crippen MR) is 180 cm³/mol. The van der Waals surface area contributed by atoms with Crippen LogP contribution in [0.5, 0.6) is 0 Å². The molecule has 0 spiro atoms. The Labute approximate surface area is 269 Å². The predicted octanol–water partition coefficient (Wildman–Crippen LogP) is 9.35. The number of hydrogen-bond donors (Lipinski definition) is 1. The molecule has 3 aromatic carbocycles. The van der Waals surface area contributed by atoms with Gasteiger partial charge in [0.2, 0.25) is 0 Å². The molecule has 45 heavy (non-hydrogen) atoms. The molecule has 0 saturated carbocycles. The Hall–Kier alpha value is -3.93. The van der Waals surface area contributed by atoms with Gasteiger partial charge in [-0.05, 0) is 49.2 Å². The summed E-state index contributed by atoms with van der Waals surface area (Å²) in [4.78, 5) is 39.2. The van der Waals surface area contributed by atoms with Crippen LogP contribution >= 0.6 is 0 Å². The van der Waals surface area contributed by atoms with Crippen LogP contribution in [0.3, 0.4) is 0 Å². The van der Waals surface area contributed by atoms with Crippen molar-refractivity contribution in [1.29, 1.82) is 0 Å². The van der Waals surface area contributed by atoms with E-state index in [0.717, 1.165) is 19.3 Å². The molecule has 6 heteroatoms. The van der Waals surface area contributed by atoms with Crippen molar-refractivity contribution < 1.29 is 23.9 Å². The Morgan fingerprint density at radius 1 is 0.556 bits per heavy atom. The van der Waals surface area contributed by atoms with Crippen LogP contribution in [0.2, 0.25) is 0 Å². The number of unbranched alkanes of at least 4 members (excludes halogenated alkanes) is 12. The SMILES string of the molecule is CCCCCCCCCCCCCCCC(OC(=O)c1ccccc1)C(COC(=O)c1ccccc1)NC(=O)c1ccccc1. The molecule has 1 amide bonds. The average molecular weight is 614 g/mol. The molecule has 0 fully saturated rings. The zero-order valence-corrected chi connectivity index (χ0v) is 27.0. The number of esters is 2. The summed E-state index contributed by atoms with van der Waals surface area (Å²) in [6.07, 6.45) is 15.9. The molecule has 2 atom stereocenters. The number of carbonyl (C=O) groups is 3. The van der Waals surface area contributed by atoms with Gasteiger partial charge in [0.25, 0.3) is 5.91 Å². The van der Waals surface area contributed by atoms with E-state index in [-0.39, 0.29) is 12.5 Å². The van der Waals surface area contributed by atoms with Gasteiger partial charge in [-0.15, -0.1) is 0 Å². The van der Waals surface area contributed by atoms with Gasteiger partial charge < -0.3 is 14.8 Å². The van der Waals surface area contributed by atoms with E-state index in [1.807, 2.05) is 18.2 Å². The topological polar surface area (TPSA) is 81.7 Å². The summed E-state index contributed by atoms with van der Waals surface area (Å²) in [5.74, 6) is -1.28. The molecule has 0 aliphatic carbocycles. The maximum Gasteiger partial charge on any atom is 0.338 e. The molecular formula is C39H51NO5. The lowest BCUT2D eigenvalue weighted by Crippen LogP contribution is -2.48. The Balaban J connectivity index is 1.60. The van der Waals surface area contributed by atoms with Gasteiger partial charge in [0, 0.05) is 5.56 Å². The maximum atomic E-state index is 13.2. The number of rotatable bonds is 22. The van der Waals surface area contributed by atoms with Crippen molar-refractivity contribution in [3.8, 4) is 0 Å². The molecule has 0 aliphatic rings. The first-order valence-electron chi connectivity index (χ1n) is 16.9. The Morgan fingerprint density at radius 3 is 1.47 bits per heavy atom. The first-order chi connectivity index (χ1) is 22.1. The van der Waals surface area contributed by atoms with Gasteiger partial charge in [0.15, 0.2) is 0 Å². The average Bonchev–Trinajstić information content (AvgIpc) is 3.09. The second kappa shape index (κ2) is 21.7. The van der Waals surface area contributed by atoms with E-state index < -0.39 is 24.1 Å². The van der Waals surface area contributed by atoms with Crippen LogP contribution in [0.15, 0.2) is 91.0 Å². The van der Waals surface area contributed by atoms with Gasteiger partial charge in [-0.25, -0.2) is 9.59 Å². The molecule has 2 unspecified atom stereocenters. The lowest BCUT2D eigenvalue weighted by atomic mass is 10.0. The van der Waals surface area contributed by atoms with E-state index >= 15 is 0 Å². The standard InChI is InChI=1S/C39H51NO5/c1-2-3-4-5-6-7-8-9-10-11-12-13-23-30-36(45-39(43)34-28-21-16-22-29-34)35(40-37(41)32-24-17-14-18-25-32)31-44-38(42)33-26-19-15-20-27-33/h14-22,24-29,35-36H,2-13,23,30-31H2,1H3,(H,40,41). The summed E-state index contributed by atoms with van der Waals surface area (Å²) in [5, 5.41) is 3.00. The van der Waals surface area contributed by atoms with Crippen molar-refractivity contribution in [1.82, 2.24) is 5.32 Å². The third-order valence-electron chi connectivity index (χ3n) is 8.06. The van der Waals surface area contributed by atoms with Crippen LogP contribution in [0.25, 0.3) is 0 Å². The van der Waals surface area contributed by atoms with Crippen LogP contribution in [-0.4, -0.2) is 36.6 Å². The first-order valence-corrected chi connectivity index (χ1v) is 16.9. The van der Waals surface area contributed by atoms with Gasteiger partial charge in [-0.2, -0.15) is 0 Å². The number of amides is 1. The fourth-order valence-electron chi connectivity index (χ4n) is 5.39. The van der Waals surface area contributed by atoms with Gasteiger partial charge in [-0.3, -0.25) is 4.79 Å². The minimum Gasteiger partial charge on any atom is -0.460 e. The van der Waals surface area contributed by atoms with Gasteiger partial charge in [0.1, 0.15) is 18.8 Å². The van der Waals surface area contributed by atoms with E-state index in [1.165, 1.54) is 64.2 Å². The van der Waals surface area contributed by atoms with E-state index in [1.54, 1.807) is 72.8 Å². The number of benzene rings is 3. The highest BCUT2D eigenvalue weighted by atomic mass is 16.6. The zero-order chi connectivity index (χ0) is 32.0. The third kappa shape index (κ3) is 14.1. The van der Waals surface area contributed by atoms with Crippen molar-refractivity contribution in [3.05, 3.63) is 108 Å². The molecule has 1 N–H and O–H groups in total. The number of carbonyl (C=O) groups excluding carboxylic acids is 3. The summed E-state index contributed by atoms with van der Waals surface area (Å²) in [5.41, 5.74) is 1.33. The Bertz CT molecular complexity index is 1230. The van der Waals surface area contributed by atoms with Crippen molar-refractivity contribution in [3.63, 3.8) is 0 Å².